The standard InChI is InChI=1S/C22H23N5OS/c1-28-18-10-6-9-16(13-18)11-12-27-21-19(15-24-27)20(25-22(26-21)29-2)23-14-17-7-4-3-5-8-17/h3-10,13,15H,11-12,14H2,1-2H3,(H,23,25,26). The lowest BCUT2D eigenvalue weighted by Crippen LogP contribution is -2.07. The lowest BCUT2D eigenvalue weighted by Gasteiger charge is -2.09. The number of aryl methyl sites for hydroxylation is 2. The van der Waals surface area contributed by atoms with E-state index in [4.69, 9.17) is 9.72 Å². The Hall–Kier alpha value is -3.06. The SMILES string of the molecule is COc1cccc(CCn2ncc3c(NCc4ccccc4)nc(SC)nc32)c1. The van der Waals surface area contributed by atoms with Crippen LogP contribution in [0.1, 0.15) is 11.1 Å². The molecular formula is C22H23N5OS. The zero-order valence-corrected chi connectivity index (χ0v) is 17.3. The van der Waals surface area contributed by atoms with E-state index in [1.54, 1.807) is 7.11 Å². The first-order chi connectivity index (χ1) is 14.3. The molecule has 4 aromatic rings. The van der Waals surface area contributed by atoms with E-state index in [0.29, 0.717) is 6.54 Å². The van der Waals surface area contributed by atoms with E-state index in [2.05, 4.69) is 39.7 Å². The van der Waals surface area contributed by atoms with Gasteiger partial charge < -0.3 is 10.1 Å². The number of fused-ring (bicyclic) bond motifs is 1. The number of nitrogens with one attached hydrogen (secondary N) is 1. The van der Waals surface area contributed by atoms with E-state index < -0.39 is 0 Å². The summed E-state index contributed by atoms with van der Waals surface area (Å²) in [7, 11) is 1.69. The van der Waals surface area contributed by atoms with Gasteiger partial charge in [0.1, 0.15) is 11.6 Å². The van der Waals surface area contributed by atoms with Crippen molar-refractivity contribution in [3.05, 3.63) is 71.9 Å². The van der Waals surface area contributed by atoms with Crippen LogP contribution in [0.2, 0.25) is 0 Å². The molecule has 1 N–H and O–H groups in total. The number of hydrogen-bond acceptors (Lipinski definition) is 6. The van der Waals surface area contributed by atoms with Crippen LogP contribution in [0.4, 0.5) is 5.82 Å². The van der Waals surface area contributed by atoms with E-state index >= 15 is 0 Å². The molecule has 0 fully saturated rings. The molecule has 0 atom stereocenters. The Bertz CT molecular complexity index is 1100. The Balaban J connectivity index is 1.57. The molecule has 0 saturated carbocycles. The van der Waals surface area contributed by atoms with E-state index in [1.165, 1.54) is 22.9 Å². The fourth-order valence-corrected chi connectivity index (χ4v) is 3.53. The maximum Gasteiger partial charge on any atom is 0.191 e. The molecule has 0 bridgehead atoms. The second-order valence-corrected chi connectivity index (χ2v) is 7.38. The number of hydrogen-bond donors (Lipinski definition) is 1. The first kappa shape index (κ1) is 19.3. The molecule has 0 saturated heterocycles. The largest absolute Gasteiger partial charge is 0.497 e. The first-order valence-corrected chi connectivity index (χ1v) is 10.7. The monoisotopic (exact) mass is 405 g/mol. The van der Waals surface area contributed by atoms with E-state index in [-0.39, 0.29) is 0 Å². The summed E-state index contributed by atoms with van der Waals surface area (Å²) in [5.41, 5.74) is 3.26. The molecule has 2 aromatic heterocycles. The number of methoxy groups -OCH3 is 1. The van der Waals surface area contributed by atoms with Crippen molar-refractivity contribution < 1.29 is 4.74 Å². The first-order valence-electron chi connectivity index (χ1n) is 9.45. The van der Waals surface area contributed by atoms with Gasteiger partial charge in [0.15, 0.2) is 10.8 Å². The minimum atomic E-state index is 0.704. The molecule has 7 heteroatoms. The van der Waals surface area contributed by atoms with Crippen molar-refractivity contribution in [3.63, 3.8) is 0 Å². The van der Waals surface area contributed by atoms with Gasteiger partial charge in [-0.2, -0.15) is 5.10 Å². The van der Waals surface area contributed by atoms with Gasteiger partial charge in [-0.05, 0) is 35.9 Å². The summed E-state index contributed by atoms with van der Waals surface area (Å²) in [6, 6.07) is 18.4. The van der Waals surface area contributed by atoms with E-state index in [9.17, 15) is 0 Å². The molecule has 4 rings (SSSR count). The third-order valence-corrected chi connectivity index (χ3v) is 5.26. The highest BCUT2D eigenvalue weighted by Crippen LogP contribution is 2.24. The van der Waals surface area contributed by atoms with Crippen molar-refractivity contribution in [3.8, 4) is 5.75 Å². The molecule has 29 heavy (non-hydrogen) atoms. The van der Waals surface area contributed by atoms with Gasteiger partial charge >= 0.3 is 0 Å². The zero-order chi connectivity index (χ0) is 20.1. The molecule has 0 aliphatic heterocycles. The Morgan fingerprint density at radius 1 is 1.03 bits per heavy atom. The minimum Gasteiger partial charge on any atom is -0.497 e. The Kier molecular flexibility index (Phi) is 5.95. The van der Waals surface area contributed by atoms with Crippen molar-refractivity contribution in [2.45, 2.75) is 24.7 Å². The summed E-state index contributed by atoms with van der Waals surface area (Å²) in [6.07, 6.45) is 4.68. The molecule has 2 aromatic carbocycles. The third-order valence-electron chi connectivity index (χ3n) is 4.71. The Morgan fingerprint density at radius 3 is 2.66 bits per heavy atom. The molecule has 0 aliphatic rings. The lowest BCUT2D eigenvalue weighted by atomic mass is 10.1. The van der Waals surface area contributed by atoms with Crippen molar-refractivity contribution in [2.75, 3.05) is 18.7 Å². The van der Waals surface area contributed by atoms with Crippen LogP contribution in [0.25, 0.3) is 11.0 Å². The molecule has 0 radical (unpaired) electrons. The number of nitrogens with zero attached hydrogens (tertiary/aromatic N) is 4. The summed E-state index contributed by atoms with van der Waals surface area (Å²) < 4.78 is 7.27. The van der Waals surface area contributed by atoms with Gasteiger partial charge in [-0.3, -0.25) is 0 Å². The third kappa shape index (κ3) is 4.51. The number of ether oxygens (including phenoxy) is 1. The van der Waals surface area contributed by atoms with Crippen molar-refractivity contribution in [2.24, 2.45) is 0 Å². The number of anilines is 1. The highest BCUT2D eigenvalue weighted by molar-refractivity contribution is 7.98. The average Bonchev–Trinajstić information content (AvgIpc) is 3.19. The normalized spacial score (nSPS) is 11.0. The predicted octanol–water partition coefficient (Wildman–Crippen LogP) is 4.41. The summed E-state index contributed by atoms with van der Waals surface area (Å²) in [4.78, 5) is 9.36. The number of benzene rings is 2. The smallest absolute Gasteiger partial charge is 0.191 e. The fraction of sp³-hybridized carbons (Fsp3) is 0.227. The molecular weight excluding hydrogens is 382 g/mol. The van der Waals surface area contributed by atoms with Gasteiger partial charge in [0.25, 0.3) is 0 Å². The van der Waals surface area contributed by atoms with Crippen LogP contribution in [0.5, 0.6) is 5.75 Å². The van der Waals surface area contributed by atoms with Gasteiger partial charge in [0.05, 0.1) is 18.7 Å². The second kappa shape index (κ2) is 8.96. The zero-order valence-electron chi connectivity index (χ0n) is 16.5. The summed E-state index contributed by atoms with van der Waals surface area (Å²) >= 11 is 1.53. The van der Waals surface area contributed by atoms with Gasteiger partial charge in [0.2, 0.25) is 0 Å². The average molecular weight is 406 g/mol. The molecule has 0 spiro atoms. The Labute approximate surface area is 174 Å². The van der Waals surface area contributed by atoms with Gasteiger partial charge in [-0.1, -0.05) is 54.2 Å². The molecule has 2 heterocycles. The Morgan fingerprint density at radius 2 is 1.86 bits per heavy atom. The maximum atomic E-state index is 5.32. The van der Waals surface area contributed by atoms with Crippen LogP contribution in [0.3, 0.4) is 0 Å². The van der Waals surface area contributed by atoms with Crippen LogP contribution in [-0.2, 0) is 19.5 Å². The number of aromatic nitrogens is 4. The van der Waals surface area contributed by atoms with E-state index in [0.717, 1.165) is 40.7 Å². The molecule has 148 valence electrons. The molecule has 0 amide bonds. The van der Waals surface area contributed by atoms with Gasteiger partial charge in [-0.25, -0.2) is 14.6 Å². The topological polar surface area (TPSA) is 64.9 Å². The molecule has 6 nitrogen and oxygen atoms in total. The van der Waals surface area contributed by atoms with Crippen LogP contribution < -0.4 is 10.1 Å². The fourth-order valence-electron chi connectivity index (χ4n) is 3.17. The van der Waals surface area contributed by atoms with Crippen LogP contribution in [0, 0.1) is 0 Å². The maximum absolute atomic E-state index is 5.32. The summed E-state index contributed by atoms with van der Waals surface area (Å²) in [6.45, 7) is 1.44. The van der Waals surface area contributed by atoms with Crippen molar-refractivity contribution >= 4 is 28.6 Å². The number of rotatable bonds is 8. The predicted molar refractivity (Wildman–Crippen MR) is 118 cm³/mol. The highest BCUT2D eigenvalue weighted by Gasteiger charge is 2.13. The highest BCUT2D eigenvalue weighted by atomic mass is 32.2. The van der Waals surface area contributed by atoms with Gasteiger partial charge in [-0.15, -0.1) is 0 Å². The summed E-state index contributed by atoms with van der Waals surface area (Å²) in [5, 5.41) is 9.69. The van der Waals surface area contributed by atoms with E-state index in [1.807, 2.05) is 47.5 Å². The van der Waals surface area contributed by atoms with Crippen LogP contribution >= 0.6 is 11.8 Å². The minimum absolute atomic E-state index is 0.704. The lowest BCUT2D eigenvalue weighted by molar-refractivity contribution is 0.414. The quantitative estimate of drug-likeness (QED) is 0.346. The van der Waals surface area contributed by atoms with Crippen molar-refractivity contribution in [1.82, 2.24) is 19.7 Å². The number of thioether (sulfide) groups is 1. The second-order valence-electron chi connectivity index (χ2n) is 6.60. The summed E-state index contributed by atoms with van der Waals surface area (Å²) in [5.74, 6) is 1.68. The van der Waals surface area contributed by atoms with Crippen molar-refractivity contribution in [1.29, 1.82) is 0 Å². The van der Waals surface area contributed by atoms with Gasteiger partial charge in [0, 0.05) is 13.1 Å². The van der Waals surface area contributed by atoms with Crippen LogP contribution in [0.15, 0.2) is 66.0 Å². The van der Waals surface area contributed by atoms with Crippen LogP contribution in [-0.4, -0.2) is 33.1 Å². The molecule has 0 aliphatic carbocycles. The molecule has 0 unspecified atom stereocenters.